The summed E-state index contributed by atoms with van der Waals surface area (Å²) in [5, 5.41) is 7.72. The van der Waals surface area contributed by atoms with Gasteiger partial charge in [-0.15, -0.1) is 0 Å². The first-order valence-corrected chi connectivity index (χ1v) is 8.23. The highest BCUT2D eigenvalue weighted by molar-refractivity contribution is 5.37. The fourth-order valence-electron chi connectivity index (χ4n) is 2.80. The van der Waals surface area contributed by atoms with Crippen molar-refractivity contribution < 1.29 is 0 Å². The molecule has 0 bridgehead atoms. The van der Waals surface area contributed by atoms with Crippen LogP contribution in [0.3, 0.4) is 0 Å². The summed E-state index contributed by atoms with van der Waals surface area (Å²) < 4.78 is 3.62. The number of hydrogen-bond donors (Lipinski definition) is 2. The van der Waals surface area contributed by atoms with Crippen LogP contribution in [0.2, 0.25) is 0 Å². The Labute approximate surface area is 141 Å². The monoisotopic (exact) mass is 325 g/mol. The van der Waals surface area contributed by atoms with Gasteiger partial charge in [-0.05, 0) is 50.6 Å². The van der Waals surface area contributed by atoms with Gasteiger partial charge < -0.3 is 10.3 Å². The lowest BCUT2D eigenvalue weighted by Gasteiger charge is -2.15. The van der Waals surface area contributed by atoms with Crippen LogP contribution < -0.4 is 11.0 Å². The highest BCUT2D eigenvalue weighted by Gasteiger charge is 2.07. The first-order chi connectivity index (χ1) is 11.6. The van der Waals surface area contributed by atoms with Gasteiger partial charge in [0.05, 0.1) is 5.69 Å². The van der Waals surface area contributed by atoms with Crippen LogP contribution in [0.25, 0.3) is 5.69 Å². The van der Waals surface area contributed by atoms with Crippen molar-refractivity contribution in [1.82, 2.24) is 24.6 Å². The summed E-state index contributed by atoms with van der Waals surface area (Å²) in [5.74, 6) is 0. The van der Waals surface area contributed by atoms with Crippen molar-refractivity contribution in [3.05, 3.63) is 70.7 Å². The number of aromatic nitrogens is 4. The molecule has 0 saturated heterocycles. The van der Waals surface area contributed by atoms with E-state index in [1.54, 1.807) is 17.0 Å². The van der Waals surface area contributed by atoms with Crippen molar-refractivity contribution in [2.24, 2.45) is 0 Å². The number of aromatic amines is 1. The van der Waals surface area contributed by atoms with Crippen LogP contribution in [0.4, 0.5) is 0 Å². The number of hydrogen-bond acceptors (Lipinski definition) is 3. The van der Waals surface area contributed by atoms with Crippen molar-refractivity contribution in [3.8, 4) is 5.69 Å². The summed E-state index contributed by atoms with van der Waals surface area (Å²) in [6.45, 7) is 5.91. The highest BCUT2D eigenvalue weighted by Crippen LogP contribution is 2.15. The zero-order chi connectivity index (χ0) is 16.9. The lowest BCUT2D eigenvalue weighted by molar-refractivity contribution is 0.507. The van der Waals surface area contributed by atoms with Gasteiger partial charge in [0.2, 0.25) is 0 Å². The van der Waals surface area contributed by atoms with Crippen LogP contribution in [-0.4, -0.2) is 25.9 Å². The van der Waals surface area contributed by atoms with Crippen LogP contribution in [0, 0.1) is 6.92 Å². The standard InChI is InChI=1S/C18H23N5O/c1-14-13-20-18(24)23(14)17-7-5-16(6-8-17)15(2)19-9-3-11-22-12-4-10-21-22/h4-8,10,12-13,15,19H,3,9,11H2,1-2H3,(H,20,24). The summed E-state index contributed by atoms with van der Waals surface area (Å²) in [7, 11) is 0. The van der Waals surface area contributed by atoms with Crippen LogP contribution in [-0.2, 0) is 6.54 Å². The number of nitrogens with zero attached hydrogens (tertiary/aromatic N) is 3. The van der Waals surface area contributed by atoms with Gasteiger partial charge in [-0.2, -0.15) is 5.10 Å². The number of imidazole rings is 1. The Kier molecular flexibility index (Phi) is 4.96. The van der Waals surface area contributed by atoms with Crippen LogP contribution in [0.1, 0.15) is 30.6 Å². The van der Waals surface area contributed by atoms with Crippen molar-refractivity contribution >= 4 is 0 Å². The SMILES string of the molecule is Cc1c[nH]c(=O)n1-c1ccc(C(C)NCCCn2cccn2)cc1. The number of aryl methyl sites for hydroxylation is 2. The van der Waals surface area contributed by atoms with Gasteiger partial charge in [0.25, 0.3) is 0 Å². The molecule has 126 valence electrons. The topological polar surface area (TPSA) is 67.6 Å². The molecule has 0 amide bonds. The second kappa shape index (κ2) is 7.31. The van der Waals surface area contributed by atoms with Crippen LogP contribution >= 0.6 is 0 Å². The van der Waals surface area contributed by atoms with E-state index in [9.17, 15) is 4.79 Å². The predicted octanol–water partition coefficient (Wildman–Crippen LogP) is 2.41. The van der Waals surface area contributed by atoms with Gasteiger partial charge in [-0.25, -0.2) is 4.79 Å². The predicted molar refractivity (Wildman–Crippen MR) is 94.4 cm³/mol. The molecule has 6 nitrogen and oxygen atoms in total. The lowest BCUT2D eigenvalue weighted by Crippen LogP contribution is -2.21. The molecule has 6 heteroatoms. The Morgan fingerprint density at radius 1 is 1.29 bits per heavy atom. The zero-order valence-corrected chi connectivity index (χ0v) is 14.1. The molecule has 1 unspecified atom stereocenters. The molecule has 0 radical (unpaired) electrons. The Balaban J connectivity index is 1.56. The Morgan fingerprint density at radius 3 is 2.71 bits per heavy atom. The molecular formula is C18H23N5O. The summed E-state index contributed by atoms with van der Waals surface area (Å²) >= 11 is 0. The van der Waals surface area contributed by atoms with E-state index >= 15 is 0 Å². The first kappa shape index (κ1) is 16.3. The largest absolute Gasteiger partial charge is 0.330 e. The molecule has 0 aliphatic rings. The smallest absolute Gasteiger partial charge is 0.312 e. The van der Waals surface area contributed by atoms with Gasteiger partial charge in [0.15, 0.2) is 0 Å². The molecule has 0 aliphatic carbocycles. The average molecular weight is 325 g/mol. The Morgan fingerprint density at radius 2 is 2.08 bits per heavy atom. The third kappa shape index (κ3) is 3.65. The van der Waals surface area contributed by atoms with Gasteiger partial charge in [0.1, 0.15) is 0 Å². The van der Waals surface area contributed by atoms with Crippen LogP contribution in [0.15, 0.2) is 53.7 Å². The van der Waals surface area contributed by atoms with Crippen molar-refractivity contribution in [2.45, 2.75) is 32.9 Å². The minimum atomic E-state index is -0.106. The maximum atomic E-state index is 11.8. The van der Waals surface area contributed by atoms with Gasteiger partial charge in [-0.3, -0.25) is 9.25 Å². The van der Waals surface area contributed by atoms with Crippen molar-refractivity contribution in [1.29, 1.82) is 0 Å². The van der Waals surface area contributed by atoms with E-state index in [0.29, 0.717) is 0 Å². The van der Waals surface area contributed by atoms with E-state index in [-0.39, 0.29) is 11.7 Å². The Hall–Kier alpha value is -2.60. The highest BCUT2D eigenvalue weighted by atomic mass is 16.1. The normalized spacial score (nSPS) is 12.4. The second-order valence-electron chi connectivity index (χ2n) is 5.96. The molecule has 0 spiro atoms. The fourth-order valence-corrected chi connectivity index (χ4v) is 2.80. The van der Waals surface area contributed by atoms with E-state index in [1.807, 2.05) is 36.0 Å². The molecule has 0 aliphatic heterocycles. The average Bonchev–Trinajstić information content (AvgIpc) is 3.22. The van der Waals surface area contributed by atoms with E-state index in [4.69, 9.17) is 0 Å². The zero-order valence-electron chi connectivity index (χ0n) is 14.1. The Bertz CT molecular complexity index is 814. The molecular weight excluding hydrogens is 302 g/mol. The summed E-state index contributed by atoms with van der Waals surface area (Å²) in [6, 6.07) is 10.3. The minimum Gasteiger partial charge on any atom is -0.312 e. The number of H-pyrrole nitrogens is 1. The summed E-state index contributed by atoms with van der Waals surface area (Å²) in [4.78, 5) is 14.5. The third-order valence-electron chi connectivity index (χ3n) is 4.19. The van der Waals surface area contributed by atoms with E-state index in [1.165, 1.54) is 5.56 Å². The fraction of sp³-hybridized carbons (Fsp3) is 0.333. The van der Waals surface area contributed by atoms with Crippen molar-refractivity contribution in [2.75, 3.05) is 6.54 Å². The van der Waals surface area contributed by atoms with Crippen molar-refractivity contribution in [3.63, 3.8) is 0 Å². The quantitative estimate of drug-likeness (QED) is 0.656. The van der Waals surface area contributed by atoms with E-state index in [2.05, 4.69) is 34.5 Å². The molecule has 2 N–H and O–H groups in total. The molecule has 3 rings (SSSR count). The first-order valence-electron chi connectivity index (χ1n) is 8.23. The van der Waals surface area contributed by atoms with Gasteiger partial charge >= 0.3 is 5.69 Å². The maximum absolute atomic E-state index is 11.8. The molecule has 0 saturated carbocycles. The molecule has 0 fully saturated rings. The molecule has 2 heterocycles. The number of benzene rings is 1. The van der Waals surface area contributed by atoms with Gasteiger partial charge in [-0.1, -0.05) is 12.1 Å². The molecule has 1 atom stereocenters. The summed E-state index contributed by atoms with van der Waals surface area (Å²) in [5.41, 5.74) is 2.88. The lowest BCUT2D eigenvalue weighted by atomic mass is 10.1. The van der Waals surface area contributed by atoms with Gasteiger partial charge in [0, 0.05) is 36.9 Å². The third-order valence-corrected chi connectivity index (χ3v) is 4.19. The molecule has 2 aromatic heterocycles. The molecule has 3 aromatic rings. The van der Waals surface area contributed by atoms with Crippen LogP contribution in [0.5, 0.6) is 0 Å². The maximum Gasteiger partial charge on any atom is 0.330 e. The minimum absolute atomic E-state index is 0.106. The summed E-state index contributed by atoms with van der Waals surface area (Å²) in [6.07, 6.45) is 6.53. The number of rotatable bonds is 7. The molecule has 1 aromatic carbocycles. The van der Waals surface area contributed by atoms with E-state index < -0.39 is 0 Å². The molecule has 24 heavy (non-hydrogen) atoms. The second-order valence-corrected chi connectivity index (χ2v) is 5.96. The number of nitrogens with one attached hydrogen (secondary N) is 2. The van der Waals surface area contributed by atoms with E-state index in [0.717, 1.165) is 30.9 Å².